The third-order valence-electron chi connectivity index (χ3n) is 5.44. The highest BCUT2D eigenvalue weighted by molar-refractivity contribution is 6.31. The summed E-state index contributed by atoms with van der Waals surface area (Å²) in [6, 6.07) is 6.14. The largest absolute Gasteiger partial charge is 0.375 e. The molecule has 1 N–H and O–H groups in total. The number of benzene rings is 1. The fourth-order valence-electron chi connectivity index (χ4n) is 3.87. The molecule has 3 fully saturated rings. The van der Waals surface area contributed by atoms with Crippen molar-refractivity contribution in [2.24, 2.45) is 5.92 Å². The molecule has 0 radical (unpaired) electrons. The SMILES string of the molecule is Cc1c(Cl)cccc1C(=O)N[C@H]1C[C@H]2CO[C@@H](C3CC3)CN2C1. The van der Waals surface area contributed by atoms with Gasteiger partial charge in [0.15, 0.2) is 0 Å². The Balaban J connectivity index is 1.38. The monoisotopic (exact) mass is 334 g/mol. The summed E-state index contributed by atoms with van der Waals surface area (Å²) >= 11 is 6.12. The number of ether oxygens (including phenoxy) is 1. The number of carbonyl (C=O) groups is 1. The van der Waals surface area contributed by atoms with Crippen molar-refractivity contribution in [1.29, 1.82) is 0 Å². The molecule has 23 heavy (non-hydrogen) atoms. The maximum absolute atomic E-state index is 12.5. The first-order valence-corrected chi connectivity index (χ1v) is 8.91. The summed E-state index contributed by atoms with van der Waals surface area (Å²) in [6.07, 6.45) is 4.02. The van der Waals surface area contributed by atoms with Gasteiger partial charge >= 0.3 is 0 Å². The second-order valence-corrected chi connectivity index (χ2v) is 7.54. The van der Waals surface area contributed by atoms with Crippen LogP contribution in [0.1, 0.15) is 35.2 Å². The highest BCUT2D eigenvalue weighted by atomic mass is 35.5. The van der Waals surface area contributed by atoms with Gasteiger partial charge in [-0.25, -0.2) is 0 Å². The normalized spacial score (nSPS) is 31.0. The second kappa shape index (κ2) is 6.08. The molecule has 1 amide bonds. The number of nitrogens with zero attached hydrogens (tertiary/aromatic N) is 1. The number of rotatable bonds is 3. The minimum atomic E-state index is -0.0190. The first kappa shape index (κ1) is 15.4. The molecule has 4 rings (SSSR count). The van der Waals surface area contributed by atoms with Crippen LogP contribution in [0.5, 0.6) is 0 Å². The molecule has 0 bridgehead atoms. The van der Waals surface area contributed by atoms with Crippen LogP contribution in [0.4, 0.5) is 0 Å². The van der Waals surface area contributed by atoms with E-state index in [1.165, 1.54) is 12.8 Å². The molecule has 124 valence electrons. The minimum absolute atomic E-state index is 0.0190. The number of halogens is 1. The Hall–Kier alpha value is -1.10. The van der Waals surface area contributed by atoms with E-state index in [9.17, 15) is 4.79 Å². The van der Waals surface area contributed by atoms with Crippen molar-refractivity contribution in [3.05, 3.63) is 34.3 Å². The molecular formula is C18H23ClN2O2. The lowest BCUT2D eigenvalue weighted by Crippen LogP contribution is -2.47. The van der Waals surface area contributed by atoms with Gasteiger partial charge < -0.3 is 10.1 Å². The van der Waals surface area contributed by atoms with Crippen molar-refractivity contribution >= 4 is 17.5 Å². The third-order valence-corrected chi connectivity index (χ3v) is 5.85. The average molecular weight is 335 g/mol. The Morgan fingerprint density at radius 3 is 2.96 bits per heavy atom. The van der Waals surface area contributed by atoms with Crippen LogP contribution < -0.4 is 5.32 Å². The second-order valence-electron chi connectivity index (χ2n) is 7.14. The molecule has 1 saturated carbocycles. The summed E-state index contributed by atoms with van der Waals surface area (Å²) in [6.45, 7) is 4.66. The highest BCUT2D eigenvalue weighted by Gasteiger charge is 2.42. The number of nitrogens with one attached hydrogen (secondary N) is 1. The van der Waals surface area contributed by atoms with Crippen molar-refractivity contribution in [3.63, 3.8) is 0 Å². The molecule has 5 heteroatoms. The van der Waals surface area contributed by atoms with Crippen LogP contribution in [-0.4, -0.2) is 48.7 Å². The minimum Gasteiger partial charge on any atom is -0.375 e. The maximum atomic E-state index is 12.5. The van der Waals surface area contributed by atoms with E-state index in [0.29, 0.717) is 22.7 Å². The average Bonchev–Trinajstić information content (AvgIpc) is 3.30. The van der Waals surface area contributed by atoms with Gasteiger partial charge in [-0.15, -0.1) is 0 Å². The summed E-state index contributed by atoms with van der Waals surface area (Å²) in [4.78, 5) is 15.0. The molecule has 2 heterocycles. The molecule has 2 aliphatic heterocycles. The van der Waals surface area contributed by atoms with E-state index >= 15 is 0 Å². The summed E-state index contributed by atoms with van der Waals surface area (Å²) in [5, 5.41) is 3.83. The van der Waals surface area contributed by atoms with Gasteiger partial charge in [-0.05, 0) is 49.8 Å². The van der Waals surface area contributed by atoms with Gasteiger partial charge in [-0.1, -0.05) is 17.7 Å². The lowest BCUT2D eigenvalue weighted by molar-refractivity contribution is -0.0581. The highest BCUT2D eigenvalue weighted by Crippen LogP contribution is 2.37. The van der Waals surface area contributed by atoms with Crippen molar-refractivity contribution < 1.29 is 9.53 Å². The molecule has 0 unspecified atom stereocenters. The Labute approximate surface area is 142 Å². The third kappa shape index (κ3) is 3.12. The van der Waals surface area contributed by atoms with Crippen LogP contribution in [0.2, 0.25) is 5.02 Å². The van der Waals surface area contributed by atoms with Gasteiger partial charge in [-0.2, -0.15) is 0 Å². The van der Waals surface area contributed by atoms with Gasteiger partial charge in [0, 0.05) is 35.8 Å². The molecule has 0 spiro atoms. The molecule has 4 nitrogen and oxygen atoms in total. The fourth-order valence-corrected chi connectivity index (χ4v) is 4.05. The van der Waals surface area contributed by atoms with Crippen LogP contribution in [-0.2, 0) is 4.74 Å². The van der Waals surface area contributed by atoms with Crippen LogP contribution in [0.25, 0.3) is 0 Å². The smallest absolute Gasteiger partial charge is 0.251 e. The number of hydrogen-bond donors (Lipinski definition) is 1. The molecule has 0 aromatic heterocycles. The zero-order valence-electron chi connectivity index (χ0n) is 13.4. The first-order valence-electron chi connectivity index (χ1n) is 8.53. The van der Waals surface area contributed by atoms with Gasteiger partial charge in [0.05, 0.1) is 12.7 Å². The van der Waals surface area contributed by atoms with E-state index in [4.69, 9.17) is 16.3 Å². The number of amides is 1. The van der Waals surface area contributed by atoms with Crippen LogP contribution in [0, 0.1) is 12.8 Å². The summed E-state index contributed by atoms with van der Waals surface area (Å²) in [5.74, 6) is 0.758. The van der Waals surface area contributed by atoms with Crippen LogP contribution in [0.15, 0.2) is 18.2 Å². The molecule has 3 atom stereocenters. The molecular weight excluding hydrogens is 312 g/mol. The van der Waals surface area contributed by atoms with Crippen molar-refractivity contribution in [1.82, 2.24) is 10.2 Å². The predicted octanol–water partition coefficient (Wildman–Crippen LogP) is 2.63. The summed E-state index contributed by atoms with van der Waals surface area (Å²) in [7, 11) is 0. The fraction of sp³-hybridized carbons (Fsp3) is 0.611. The number of hydrogen-bond acceptors (Lipinski definition) is 3. The lowest BCUT2D eigenvalue weighted by atomic mass is 10.1. The molecule has 1 aliphatic carbocycles. The lowest BCUT2D eigenvalue weighted by Gasteiger charge is -2.35. The summed E-state index contributed by atoms with van der Waals surface area (Å²) in [5.41, 5.74) is 1.52. The molecule has 1 aromatic carbocycles. The van der Waals surface area contributed by atoms with E-state index in [-0.39, 0.29) is 11.9 Å². The van der Waals surface area contributed by atoms with E-state index in [0.717, 1.165) is 37.6 Å². The van der Waals surface area contributed by atoms with Crippen LogP contribution in [0.3, 0.4) is 0 Å². The van der Waals surface area contributed by atoms with Gasteiger partial charge in [0.2, 0.25) is 0 Å². The van der Waals surface area contributed by atoms with Gasteiger partial charge in [-0.3, -0.25) is 9.69 Å². The Bertz CT molecular complexity index is 617. The molecule has 2 saturated heterocycles. The Kier molecular flexibility index (Phi) is 4.08. The van der Waals surface area contributed by atoms with E-state index < -0.39 is 0 Å². The van der Waals surface area contributed by atoms with Crippen molar-refractivity contribution in [2.75, 3.05) is 19.7 Å². The Morgan fingerprint density at radius 2 is 2.17 bits per heavy atom. The zero-order chi connectivity index (χ0) is 16.0. The molecule has 3 aliphatic rings. The topological polar surface area (TPSA) is 41.6 Å². The van der Waals surface area contributed by atoms with Crippen LogP contribution >= 0.6 is 11.6 Å². The maximum Gasteiger partial charge on any atom is 0.251 e. The standard InChI is InChI=1S/C18H23ClN2O2/c1-11-15(3-2-4-16(11)19)18(22)20-13-7-14-10-23-17(12-5-6-12)9-21(14)8-13/h2-4,12-14,17H,5-10H2,1H3,(H,20,22)/t13-,14-,17+/m0/s1. The Morgan fingerprint density at radius 1 is 1.35 bits per heavy atom. The van der Waals surface area contributed by atoms with E-state index in [1.807, 2.05) is 25.1 Å². The van der Waals surface area contributed by atoms with Gasteiger partial charge in [0.1, 0.15) is 0 Å². The zero-order valence-corrected chi connectivity index (χ0v) is 14.2. The summed E-state index contributed by atoms with van der Waals surface area (Å²) < 4.78 is 6.02. The molecule has 1 aromatic rings. The predicted molar refractivity (Wildman–Crippen MR) is 89.9 cm³/mol. The number of carbonyl (C=O) groups excluding carboxylic acids is 1. The number of fused-ring (bicyclic) bond motifs is 1. The van der Waals surface area contributed by atoms with Gasteiger partial charge in [0.25, 0.3) is 5.91 Å². The van der Waals surface area contributed by atoms with E-state index in [2.05, 4.69) is 10.2 Å². The first-order chi connectivity index (χ1) is 11.1. The van der Waals surface area contributed by atoms with Crippen molar-refractivity contribution in [3.8, 4) is 0 Å². The number of morpholine rings is 1. The van der Waals surface area contributed by atoms with Crippen molar-refractivity contribution in [2.45, 2.75) is 44.4 Å². The van der Waals surface area contributed by atoms with E-state index in [1.54, 1.807) is 0 Å². The quantitative estimate of drug-likeness (QED) is 0.924.